The molecule has 2 aromatic rings. The summed E-state index contributed by atoms with van der Waals surface area (Å²) in [6.45, 7) is 0. The highest BCUT2D eigenvalue weighted by Gasteiger charge is 2.16. The Balaban J connectivity index is 2.19. The third-order valence-corrected chi connectivity index (χ3v) is 3.50. The molecule has 0 aliphatic carbocycles. The molecule has 0 bridgehead atoms. The van der Waals surface area contributed by atoms with Gasteiger partial charge in [0.15, 0.2) is 0 Å². The molecule has 2 nitrogen and oxygen atoms in total. The van der Waals surface area contributed by atoms with Crippen LogP contribution in [-0.2, 0) is 0 Å². The first-order valence-corrected chi connectivity index (χ1v) is 6.33. The Labute approximate surface area is 111 Å². The maximum Gasteiger partial charge on any atom is 0.0718 e. The van der Waals surface area contributed by atoms with Crippen LogP contribution in [0.3, 0.4) is 0 Å². The molecule has 0 fully saturated rings. The molecular formula is C17H12N2. The van der Waals surface area contributed by atoms with Gasteiger partial charge in [0.2, 0.25) is 0 Å². The number of nitrogens with zero attached hydrogens (tertiary/aromatic N) is 2. The smallest absolute Gasteiger partial charge is 0.0718 e. The second-order valence-corrected chi connectivity index (χ2v) is 4.62. The summed E-state index contributed by atoms with van der Waals surface area (Å²) >= 11 is 0. The quantitative estimate of drug-likeness (QED) is 0.692. The Bertz CT molecular complexity index is 828. The first-order chi connectivity index (χ1) is 9.43. The van der Waals surface area contributed by atoms with Gasteiger partial charge in [0.05, 0.1) is 17.6 Å². The van der Waals surface area contributed by atoms with Crippen LogP contribution in [0.2, 0.25) is 0 Å². The molecule has 0 unspecified atom stereocenters. The fraction of sp³-hybridized carbons (Fsp3) is 0. The molecule has 0 N–H and O–H groups in total. The van der Waals surface area contributed by atoms with E-state index in [0.29, 0.717) is 0 Å². The number of rotatable bonds is 0. The minimum absolute atomic E-state index is 1.12. The van der Waals surface area contributed by atoms with Crippen molar-refractivity contribution in [1.82, 2.24) is 0 Å². The van der Waals surface area contributed by atoms with Crippen LogP contribution in [0.15, 0.2) is 65.9 Å². The Kier molecular flexibility index (Phi) is 2.15. The fourth-order valence-electron chi connectivity index (χ4n) is 2.62. The molecule has 2 heteroatoms. The maximum absolute atomic E-state index is 4.28. The molecule has 2 aliphatic heterocycles. The molecule has 0 saturated carbocycles. The largest absolute Gasteiger partial charge is 0.313 e. The summed E-state index contributed by atoms with van der Waals surface area (Å²) < 4.78 is 0. The molecule has 0 saturated heterocycles. The number of aliphatic imine (C=N–C) groups is 1. The van der Waals surface area contributed by atoms with E-state index < -0.39 is 0 Å². The minimum Gasteiger partial charge on any atom is -0.313 e. The van der Waals surface area contributed by atoms with Crippen molar-refractivity contribution in [2.75, 3.05) is 4.90 Å². The van der Waals surface area contributed by atoms with Gasteiger partial charge in [-0.15, -0.1) is 0 Å². The monoisotopic (exact) mass is 244 g/mol. The van der Waals surface area contributed by atoms with E-state index in [0.717, 1.165) is 5.70 Å². The summed E-state index contributed by atoms with van der Waals surface area (Å²) in [6.07, 6.45) is 8.00. The van der Waals surface area contributed by atoms with Crippen molar-refractivity contribution < 1.29 is 0 Å². The first-order valence-electron chi connectivity index (χ1n) is 6.33. The zero-order valence-electron chi connectivity index (χ0n) is 10.3. The van der Waals surface area contributed by atoms with Crippen LogP contribution in [0, 0.1) is 0 Å². The van der Waals surface area contributed by atoms with Gasteiger partial charge in [0.1, 0.15) is 0 Å². The van der Waals surface area contributed by atoms with E-state index in [2.05, 4.69) is 64.5 Å². The van der Waals surface area contributed by atoms with Crippen molar-refractivity contribution in [3.63, 3.8) is 0 Å². The molecule has 2 aliphatic rings. The van der Waals surface area contributed by atoms with Gasteiger partial charge < -0.3 is 4.90 Å². The van der Waals surface area contributed by atoms with Crippen LogP contribution < -0.4 is 15.3 Å². The number of anilines is 1. The van der Waals surface area contributed by atoms with Crippen LogP contribution in [0.4, 0.5) is 5.69 Å². The van der Waals surface area contributed by atoms with E-state index in [9.17, 15) is 0 Å². The highest BCUT2D eigenvalue weighted by Crippen LogP contribution is 2.26. The highest BCUT2D eigenvalue weighted by molar-refractivity contribution is 6.10. The van der Waals surface area contributed by atoms with Crippen LogP contribution in [0.1, 0.15) is 5.56 Å². The fourth-order valence-corrected chi connectivity index (χ4v) is 2.62. The lowest BCUT2D eigenvalue weighted by Gasteiger charge is -2.23. The summed E-state index contributed by atoms with van der Waals surface area (Å²) in [5.74, 6) is 0. The van der Waals surface area contributed by atoms with Gasteiger partial charge in [0.25, 0.3) is 0 Å². The lowest BCUT2D eigenvalue weighted by Crippen LogP contribution is -2.32. The molecule has 0 aromatic heterocycles. The normalized spacial score (nSPS) is 15.2. The SMILES string of the molecule is C1=CN2C(=c3ccccc3=Cc3ccccc32)C=N1. The number of hydrogen-bond acceptors (Lipinski definition) is 2. The molecule has 19 heavy (non-hydrogen) atoms. The molecule has 4 rings (SSSR count). The van der Waals surface area contributed by atoms with Crippen molar-refractivity contribution >= 4 is 23.7 Å². The van der Waals surface area contributed by atoms with Gasteiger partial charge in [-0.25, -0.2) is 0 Å². The zero-order chi connectivity index (χ0) is 12.7. The Hall–Kier alpha value is -2.61. The van der Waals surface area contributed by atoms with Crippen molar-refractivity contribution in [2.45, 2.75) is 0 Å². The Morgan fingerprint density at radius 2 is 1.74 bits per heavy atom. The number of benzene rings is 2. The van der Waals surface area contributed by atoms with E-state index in [1.807, 2.05) is 18.6 Å². The summed E-state index contributed by atoms with van der Waals surface area (Å²) in [4.78, 5) is 6.48. The van der Waals surface area contributed by atoms with E-state index in [4.69, 9.17) is 0 Å². The molecule has 2 heterocycles. The summed E-state index contributed by atoms with van der Waals surface area (Å²) in [5, 5.41) is 2.45. The van der Waals surface area contributed by atoms with Gasteiger partial charge in [-0.1, -0.05) is 42.5 Å². The number of hydrogen-bond donors (Lipinski definition) is 0. The van der Waals surface area contributed by atoms with Crippen molar-refractivity contribution in [2.24, 2.45) is 4.99 Å². The second kappa shape index (κ2) is 3.95. The molecular weight excluding hydrogens is 232 g/mol. The Morgan fingerprint density at radius 1 is 0.895 bits per heavy atom. The molecule has 0 amide bonds. The number of fused-ring (bicyclic) bond motifs is 4. The third kappa shape index (κ3) is 1.54. The average molecular weight is 244 g/mol. The molecule has 90 valence electrons. The predicted octanol–water partition coefficient (Wildman–Crippen LogP) is 2.00. The van der Waals surface area contributed by atoms with E-state index >= 15 is 0 Å². The van der Waals surface area contributed by atoms with Gasteiger partial charge >= 0.3 is 0 Å². The number of para-hydroxylation sites is 1. The topological polar surface area (TPSA) is 15.6 Å². The van der Waals surface area contributed by atoms with Crippen molar-refractivity contribution in [3.8, 4) is 0 Å². The lowest BCUT2D eigenvalue weighted by atomic mass is 10.1. The van der Waals surface area contributed by atoms with Crippen LogP contribution in [0.5, 0.6) is 0 Å². The maximum atomic E-state index is 4.28. The summed E-state index contributed by atoms with van der Waals surface area (Å²) in [6, 6.07) is 16.9. The second-order valence-electron chi connectivity index (χ2n) is 4.62. The van der Waals surface area contributed by atoms with Crippen molar-refractivity contribution in [1.29, 1.82) is 0 Å². The van der Waals surface area contributed by atoms with E-state index in [-0.39, 0.29) is 0 Å². The standard InChI is InChI=1S/C17H12N2/c1-3-7-15-13(5-1)11-14-6-2-4-8-16(14)19-10-9-18-12-17(15)19/h1-12H. The Morgan fingerprint density at radius 3 is 2.74 bits per heavy atom. The van der Waals surface area contributed by atoms with Crippen LogP contribution in [-0.4, -0.2) is 6.21 Å². The summed E-state index contributed by atoms with van der Waals surface area (Å²) in [5.41, 5.74) is 3.54. The van der Waals surface area contributed by atoms with Gasteiger partial charge in [-0.3, -0.25) is 4.99 Å². The van der Waals surface area contributed by atoms with Crippen molar-refractivity contribution in [3.05, 3.63) is 76.9 Å². The van der Waals surface area contributed by atoms with Crippen LogP contribution in [0.25, 0.3) is 11.8 Å². The van der Waals surface area contributed by atoms with E-state index in [1.165, 1.54) is 21.7 Å². The molecule has 2 aromatic carbocycles. The minimum atomic E-state index is 1.12. The predicted molar refractivity (Wildman–Crippen MR) is 79.2 cm³/mol. The highest BCUT2D eigenvalue weighted by atomic mass is 15.1. The van der Waals surface area contributed by atoms with E-state index in [1.54, 1.807) is 0 Å². The molecule has 0 radical (unpaired) electrons. The van der Waals surface area contributed by atoms with Gasteiger partial charge in [-0.05, 0) is 22.9 Å². The molecule has 0 spiro atoms. The van der Waals surface area contributed by atoms with Gasteiger partial charge in [-0.2, -0.15) is 0 Å². The lowest BCUT2D eigenvalue weighted by molar-refractivity contribution is 1.27. The average Bonchev–Trinajstić information content (AvgIpc) is 2.62. The van der Waals surface area contributed by atoms with Gasteiger partial charge in [0, 0.05) is 17.6 Å². The molecule has 0 atom stereocenters. The summed E-state index contributed by atoms with van der Waals surface area (Å²) in [7, 11) is 0. The first kappa shape index (κ1) is 10.3. The third-order valence-electron chi connectivity index (χ3n) is 3.50. The van der Waals surface area contributed by atoms with Crippen LogP contribution >= 0.6 is 0 Å². The zero-order valence-corrected chi connectivity index (χ0v) is 10.3.